The Bertz CT molecular complexity index is 1000. The fourth-order valence-electron chi connectivity index (χ4n) is 8.31. The molecule has 12 nitrogen and oxygen atoms in total. The minimum Gasteiger partial charge on any atom is -0.459 e. The quantitative estimate of drug-likeness (QED) is 0.300. The molecule has 2 bridgehead atoms. The molecule has 4 fully saturated rings. The number of esters is 1. The van der Waals surface area contributed by atoms with Gasteiger partial charge in [-0.1, -0.05) is 20.8 Å². The summed E-state index contributed by atoms with van der Waals surface area (Å²) in [5.74, 6) is -2.09. The van der Waals surface area contributed by atoms with Crippen LogP contribution in [0.1, 0.15) is 81.6 Å². The monoisotopic (exact) mass is 645 g/mol. The molecular formula is C33H59NO11. The number of aliphatic hydroxyl groups is 3. The number of aliphatic hydroxyl groups excluding tert-OH is 3. The first kappa shape index (κ1) is 36.9. The number of carbonyl (C=O) groups is 1. The summed E-state index contributed by atoms with van der Waals surface area (Å²) in [5.41, 5.74) is -1.81. The van der Waals surface area contributed by atoms with Gasteiger partial charge in [0.1, 0.15) is 18.3 Å². The SMILES string of the molecule is CNC1CC(C)O[C@@H](O[C@@H]2[C@@H](C)[C@H](O[C@H]3CC(C)(OC)[C@@H](O)C(C)O3)[C@@H](C)C(=O)O[C@@H](C(C)O)[C@@H](C)C3O[C@@]2(C)C[C@@H]3C)C1O. The van der Waals surface area contributed by atoms with E-state index < -0.39 is 84.3 Å². The van der Waals surface area contributed by atoms with Gasteiger partial charge in [-0.3, -0.25) is 4.79 Å². The molecule has 0 amide bonds. The lowest BCUT2D eigenvalue weighted by atomic mass is 9.77. The second-order valence-electron chi connectivity index (χ2n) is 14.8. The smallest absolute Gasteiger partial charge is 0.311 e. The number of hydrogen-bond acceptors (Lipinski definition) is 12. The molecule has 0 aromatic carbocycles. The summed E-state index contributed by atoms with van der Waals surface area (Å²) in [5, 5.41) is 36.1. The van der Waals surface area contributed by atoms with Crippen LogP contribution in [0, 0.1) is 23.7 Å². The standard InChI is InChI=1S/C33H59NO11/c1-15-13-33(9)29(44-31-24(36)22(34-10)12-16(2)40-31)18(4)26(42-23-14-32(8,39-11)28(37)21(7)41-23)19(5)30(38)43-27(20(6)35)17(3)25(15)45-33/h15-29,31,34-37H,12-14H2,1-11H3/t15-,16?,17-,18-,19+,20?,21?,22?,23-,24?,25?,26-,27+,28-,29+,31-,32?,33-/m0/s1. The summed E-state index contributed by atoms with van der Waals surface area (Å²) < 4.78 is 44.5. The normalized spacial score (nSPS) is 52.1. The van der Waals surface area contributed by atoms with Crippen LogP contribution in [0.15, 0.2) is 0 Å². The Morgan fingerprint density at radius 3 is 2.27 bits per heavy atom. The summed E-state index contributed by atoms with van der Waals surface area (Å²) in [6.07, 6.45) is -6.46. The molecule has 262 valence electrons. The van der Waals surface area contributed by atoms with E-state index in [-0.39, 0.29) is 36.5 Å². The van der Waals surface area contributed by atoms with Crippen molar-refractivity contribution >= 4 is 5.97 Å². The van der Waals surface area contributed by atoms with Crippen LogP contribution in [0.2, 0.25) is 0 Å². The summed E-state index contributed by atoms with van der Waals surface area (Å²) in [6, 6.07) is -0.233. The van der Waals surface area contributed by atoms with Crippen molar-refractivity contribution in [3.8, 4) is 0 Å². The molecule has 0 radical (unpaired) electrons. The summed E-state index contributed by atoms with van der Waals surface area (Å²) in [4.78, 5) is 13.9. The highest BCUT2D eigenvalue weighted by molar-refractivity contribution is 5.73. The number of hydrogen-bond donors (Lipinski definition) is 4. The Hall–Kier alpha value is -0.930. The molecule has 4 heterocycles. The highest BCUT2D eigenvalue weighted by Crippen LogP contribution is 2.47. The van der Waals surface area contributed by atoms with Crippen molar-refractivity contribution in [3.05, 3.63) is 0 Å². The van der Waals surface area contributed by atoms with E-state index in [9.17, 15) is 20.1 Å². The minimum absolute atomic E-state index is 0.0482. The maximum atomic E-state index is 13.9. The Morgan fingerprint density at radius 2 is 1.67 bits per heavy atom. The van der Waals surface area contributed by atoms with Crippen LogP contribution in [-0.4, -0.2) is 120 Å². The fourth-order valence-corrected chi connectivity index (χ4v) is 8.31. The third-order valence-corrected chi connectivity index (χ3v) is 11.0. The van der Waals surface area contributed by atoms with Gasteiger partial charge in [0, 0.05) is 31.4 Å². The van der Waals surface area contributed by atoms with Crippen molar-refractivity contribution < 1.29 is 53.3 Å². The van der Waals surface area contributed by atoms with E-state index in [4.69, 9.17) is 33.2 Å². The Morgan fingerprint density at radius 1 is 1.00 bits per heavy atom. The number of nitrogens with one attached hydrogen (secondary N) is 1. The molecule has 4 aliphatic rings. The first-order chi connectivity index (χ1) is 21.0. The molecule has 7 unspecified atom stereocenters. The number of methoxy groups -OCH3 is 1. The first-order valence-electron chi connectivity index (χ1n) is 16.7. The third kappa shape index (κ3) is 7.40. The first-order valence-corrected chi connectivity index (χ1v) is 16.7. The van der Waals surface area contributed by atoms with Gasteiger partial charge in [0.2, 0.25) is 0 Å². The highest BCUT2D eigenvalue weighted by atomic mass is 16.7. The van der Waals surface area contributed by atoms with Gasteiger partial charge < -0.3 is 53.8 Å². The molecule has 4 N–H and O–H groups in total. The second-order valence-corrected chi connectivity index (χ2v) is 14.8. The molecule has 4 aliphatic heterocycles. The zero-order valence-electron chi connectivity index (χ0n) is 29.0. The lowest BCUT2D eigenvalue weighted by molar-refractivity contribution is -0.316. The van der Waals surface area contributed by atoms with E-state index in [1.165, 1.54) is 0 Å². The molecule has 45 heavy (non-hydrogen) atoms. The average molecular weight is 646 g/mol. The van der Waals surface area contributed by atoms with E-state index in [1.54, 1.807) is 34.9 Å². The maximum Gasteiger partial charge on any atom is 0.311 e. The number of carbonyl (C=O) groups excluding carboxylic acids is 1. The van der Waals surface area contributed by atoms with Crippen LogP contribution in [0.25, 0.3) is 0 Å². The van der Waals surface area contributed by atoms with Gasteiger partial charge >= 0.3 is 5.97 Å². The van der Waals surface area contributed by atoms with Gasteiger partial charge in [0.25, 0.3) is 0 Å². The Labute approximate surface area is 268 Å². The molecule has 4 saturated heterocycles. The van der Waals surface area contributed by atoms with E-state index >= 15 is 0 Å². The molecule has 0 aromatic rings. The van der Waals surface area contributed by atoms with Crippen LogP contribution < -0.4 is 5.32 Å². The molecule has 12 heteroatoms. The predicted octanol–water partition coefficient (Wildman–Crippen LogP) is 2.14. The Balaban J connectivity index is 1.77. The van der Waals surface area contributed by atoms with Gasteiger partial charge in [-0.2, -0.15) is 0 Å². The zero-order chi connectivity index (χ0) is 33.6. The zero-order valence-corrected chi connectivity index (χ0v) is 29.0. The van der Waals surface area contributed by atoms with Crippen LogP contribution >= 0.6 is 0 Å². The number of fused-ring (bicyclic) bond motifs is 2. The van der Waals surface area contributed by atoms with E-state index in [0.29, 0.717) is 12.8 Å². The van der Waals surface area contributed by atoms with Gasteiger partial charge in [-0.05, 0) is 67.3 Å². The Kier molecular flexibility index (Phi) is 11.7. The van der Waals surface area contributed by atoms with E-state index in [2.05, 4.69) is 12.2 Å². The van der Waals surface area contributed by atoms with Gasteiger partial charge in [0.05, 0.1) is 53.7 Å². The molecule has 4 rings (SSSR count). The molecule has 18 atom stereocenters. The van der Waals surface area contributed by atoms with E-state index in [0.717, 1.165) is 0 Å². The lowest BCUT2D eigenvalue weighted by Gasteiger charge is -2.48. The van der Waals surface area contributed by atoms with Gasteiger partial charge in [0.15, 0.2) is 12.6 Å². The molecule has 0 aliphatic carbocycles. The van der Waals surface area contributed by atoms with Gasteiger partial charge in [-0.15, -0.1) is 0 Å². The van der Waals surface area contributed by atoms with Crippen LogP contribution in [0.3, 0.4) is 0 Å². The van der Waals surface area contributed by atoms with Crippen molar-refractivity contribution in [1.82, 2.24) is 5.32 Å². The number of ether oxygens (including phenoxy) is 7. The third-order valence-electron chi connectivity index (χ3n) is 11.0. The van der Waals surface area contributed by atoms with Crippen LogP contribution in [0.4, 0.5) is 0 Å². The summed E-state index contributed by atoms with van der Waals surface area (Å²) in [6.45, 7) is 16.9. The summed E-state index contributed by atoms with van der Waals surface area (Å²) >= 11 is 0. The largest absolute Gasteiger partial charge is 0.459 e. The van der Waals surface area contributed by atoms with Crippen LogP contribution in [0.5, 0.6) is 0 Å². The topological polar surface area (TPSA) is 154 Å². The van der Waals surface area contributed by atoms with Crippen molar-refractivity contribution in [2.45, 2.75) is 166 Å². The molecule has 0 saturated carbocycles. The molecule has 0 aromatic heterocycles. The summed E-state index contributed by atoms with van der Waals surface area (Å²) in [7, 11) is 3.35. The fraction of sp³-hybridized carbons (Fsp3) is 0.970. The highest BCUT2D eigenvalue weighted by Gasteiger charge is 2.57. The average Bonchev–Trinajstić information content (AvgIpc) is 3.29. The number of cyclic esters (lactones) is 1. The van der Waals surface area contributed by atoms with Crippen molar-refractivity contribution in [2.75, 3.05) is 14.2 Å². The predicted molar refractivity (Wildman–Crippen MR) is 164 cm³/mol. The lowest BCUT2D eigenvalue weighted by Crippen LogP contribution is -2.60. The van der Waals surface area contributed by atoms with Crippen molar-refractivity contribution in [2.24, 2.45) is 23.7 Å². The molecular weight excluding hydrogens is 586 g/mol. The second kappa shape index (κ2) is 14.3. The van der Waals surface area contributed by atoms with Crippen molar-refractivity contribution in [3.63, 3.8) is 0 Å². The molecule has 0 spiro atoms. The van der Waals surface area contributed by atoms with Crippen LogP contribution in [-0.2, 0) is 38.0 Å². The van der Waals surface area contributed by atoms with Crippen molar-refractivity contribution in [1.29, 1.82) is 0 Å². The maximum absolute atomic E-state index is 13.9. The number of rotatable bonds is 7. The minimum atomic E-state index is -0.956. The van der Waals surface area contributed by atoms with Gasteiger partial charge in [-0.25, -0.2) is 0 Å². The van der Waals surface area contributed by atoms with E-state index in [1.807, 2.05) is 34.6 Å². The number of likely N-dealkylation sites (N-methyl/N-ethyl adjacent to an activating group) is 1.